The quantitative estimate of drug-likeness (QED) is 0.589. The van der Waals surface area contributed by atoms with Crippen molar-refractivity contribution in [2.75, 3.05) is 24.7 Å². The molecule has 1 atom stereocenters. The van der Waals surface area contributed by atoms with E-state index in [0.717, 1.165) is 18.9 Å². The second kappa shape index (κ2) is 8.29. The SMILES string of the molecule is CCCCOC(=O)CN1C(=O)CSC[C@H]1c1cc(F)cc(F)c1. The number of hydrogen-bond donors (Lipinski definition) is 0. The summed E-state index contributed by atoms with van der Waals surface area (Å²) in [7, 11) is 0. The Balaban J connectivity index is 2.12. The van der Waals surface area contributed by atoms with Crippen molar-refractivity contribution in [2.24, 2.45) is 0 Å². The van der Waals surface area contributed by atoms with Crippen LogP contribution < -0.4 is 0 Å². The first kappa shape index (κ1) is 17.7. The number of amides is 1. The molecular formula is C16H19F2NO3S. The summed E-state index contributed by atoms with van der Waals surface area (Å²) in [6.07, 6.45) is 1.66. The number of benzene rings is 1. The van der Waals surface area contributed by atoms with E-state index in [9.17, 15) is 18.4 Å². The van der Waals surface area contributed by atoms with Crippen molar-refractivity contribution in [1.29, 1.82) is 0 Å². The fourth-order valence-corrected chi connectivity index (χ4v) is 3.42. The molecule has 1 amide bonds. The van der Waals surface area contributed by atoms with Crippen LogP contribution in [-0.4, -0.2) is 41.4 Å². The molecule has 2 rings (SSSR count). The minimum Gasteiger partial charge on any atom is -0.464 e. The van der Waals surface area contributed by atoms with E-state index in [4.69, 9.17) is 4.74 Å². The average molecular weight is 343 g/mol. The highest BCUT2D eigenvalue weighted by atomic mass is 32.2. The predicted molar refractivity (Wildman–Crippen MR) is 84.0 cm³/mol. The van der Waals surface area contributed by atoms with Crippen molar-refractivity contribution in [3.05, 3.63) is 35.4 Å². The first-order valence-corrected chi connectivity index (χ1v) is 8.65. The van der Waals surface area contributed by atoms with Gasteiger partial charge in [-0.3, -0.25) is 9.59 Å². The number of ether oxygens (including phenoxy) is 1. The first-order valence-electron chi connectivity index (χ1n) is 7.50. The lowest BCUT2D eigenvalue weighted by Gasteiger charge is -2.34. The number of thioether (sulfide) groups is 1. The van der Waals surface area contributed by atoms with E-state index in [0.29, 0.717) is 17.9 Å². The van der Waals surface area contributed by atoms with Crippen molar-refractivity contribution in [3.63, 3.8) is 0 Å². The van der Waals surface area contributed by atoms with E-state index >= 15 is 0 Å². The number of hydrogen-bond acceptors (Lipinski definition) is 4. The zero-order valence-electron chi connectivity index (χ0n) is 12.9. The Morgan fingerprint density at radius 3 is 2.70 bits per heavy atom. The summed E-state index contributed by atoms with van der Waals surface area (Å²) >= 11 is 1.38. The van der Waals surface area contributed by atoms with E-state index < -0.39 is 23.6 Å². The highest BCUT2D eigenvalue weighted by molar-refractivity contribution is 8.00. The van der Waals surface area contributed by atoms with Crippen LogP contribution in [0.1, 0.15) is 31.4 Å². The van der Waals surface area contributed by atoms with E-state index in [-0.39, 0.29) is 18.2 Å². The molecule has 1 aliphatic heterocycles. The molecule has 1 aromatic rings. The van der Waals surface area contributed by atoms with Crippen LogP contribution in [0.2, 0.25) is 0 Å². The third kappa shape index (κ3) is 4.92. The number of carbonyl (C=O) groups is 2. The van der Waals surface area contributed by atoms with Crippen LogP contribution in [-0.2, 0) is 14.3 Å². The third-order valence-corrected chi connectivity index (χ3v) is 4.53. The lowest BCUT2D eigenvalue weighted by Crippen LogP contribution is -2.44. The summed E-state index contributed by atoms with van der Waals surface area (Å²) in [6.45, 7) is 2.09. The molecule has 1 aliphatic rings. The van der Waals surface area contributed by atoms with Crippen LogP contribution in [0.4, 0.5) is 8.78 Å². The number of nitrogens with zero attached hydrogens (tertiary/aromatic N) is 1. The molecule has 1 heterocycles. The molecule has 0 unspecified atom stereocenters. The zero-order valence-corrected chi connectivity index (χ0v) is 13.7. The molecule has 0 spiro atoms. The summed E-state index contributed by atoms with van der Waals surface area (Å²) in [5, 5.41) is 0. The molecule has 1 aromatic carbocycles. The van der Waals surface area contributed by atoms with E-state index in [2.05, 4.69) is 0 Å². The summed E-state index contributed by atoms with van der Waals surface area (Å²) < 4.78 is 31.9. The van der Waals surface area contributed by atoms with Gasteiger partial charge in [0.25, 0.3) is 0 Å². The highest BCUT2D eigenvalue weighted by Gasteiger charge is 2.32. The fourth-order valence-electron chi connectivity index (χ4n) is 2.36. The summed E-state index contributed by atoms with van der Waals surface area (Å²) in [4.78, 5) is 25.3. The fraction of sp³-hybridized carbons (Fsp3) is 0.500. The number of carbonyl (C=O) groups excluding carboxylic acids is 2. The second-order valence-corrected chi connectivity index (χ2v) is 6.36. The van der Waals surface area contributed by atoms with E-state index in [1.807, 2.05) is 6.92 Å². The largest absolute Gasteiger partial charge is 0.464 e. The molecule has 126 valence electrons. The second-order valence-electron chi connectivity index (χ2n) is 5.33. The van der Waals surface area contributed by atoms with E-state index in [1.165, 1.54) is 28.8 Å². The Morgan fingerprint density at radius 2 is 2.04 bits per heavy atom. The van der Waals surface area contributed by atoms with Gasteiger partial charge in [-0.1, -0.05) is 13.3 Å². The molecule has 23 heavy (non-hydrogen) atoms. The van der Waals surface area contributed by atoms with Gasteiger partial charge in [-0.2, -0.15) is 0 Å². The molecule has 0 aromatic heterocycles. The topological polar surface area (TPSA) is 46.6 Å². The molecule has 0 saturated carbocycles. The minimum atomic E-state index is -0.700. The lowest BCUT2D eigenvalue weighted by atomic mass is 10.1. The van der Waals surface area contributed by atoms with Crippen molar-refractivity contribution >= 4 is 23.6 Å². The summed E-state index contributed by atoms with van der Waals surface area (Å²) in [5.74, 6) is -1.40. The standard InChI is InChI=1S/C16H19F2NO3S/c1-2-3-4-22-16(21)8-19-14(9-23-10-15(19)20)11-5-12(17)7-13(18)6-11/h5-7,14H,2-4,8-10H2,1H3/t14-/m0/s1. The monoisotopic (exact) mass is 343 g/mol. The Bertz CT molecular complexity index is 562. The lowest BCUT2D eigenvalue weighted by molar-refractivity contribution is -0.150. The van der Waals surface area contributed by atoms with Gasteiger partial charge in [0.2, 0.25) is 5.91 Å². The van der Waals surface area contributed by atoms with Gasteiger partial charge in [0.05, 0.1) is 18.4 Å². The summed E-state index contributed by atoms with van der Waals surface area (Å²) in [5.41, 5.74) is 0.351. The number of unbranched alkanes of at least 4 members (excludes halogenated alkanes) is 1. The Kier molecular flexibility index (Phi) is 6.38. The molecule has 0 bridgehead atoms. The summed E-state index contributed by atoms with van der Waals surface area (Å²) in [6, 6.07) is 2.64. The van der Waals surface area contributed by atoms with Crippen LogP contribution in [0.25, 0.3) is 0 Å². The highest BCUT2D eigenvalue weighted by Crippen LogP contribution is 2.31. The Labute approximate surface area is 138 Å². The van der Waals surface area contributed by atoms with Crippen LogP contribution >= 0.6 is 11.8 Å². The number of halogens is 2. The van der Waals surface area contributed by atoms with Crippen LogP contribution in [0, 0.1) is 11.6 Å². The minimum absolute atomic E-state index is 0.202. The van der Waals surface area contributed by atoms with Crippen LogP contribution in [0.15, 0.2) is 18.2 Å². The molecule has 1 saturated heterocycles. The first-order chi connectivity index (χ1) is 11.0. The van der Waals surface area contributed by atoms with Gasteiger partial charge in [0, 0.05) is 11.8 Å². The maximum absolute atomic E-state index is 13.4. The predicted octanol–water partition coefficient (Wildman–Crippen LogP) is 2.92. The molecule has 1 fully saturated rings. The molecular weight excluding hydrogens is 324 g/mol. The van der Waals surface area contributed by atoms with Gasteiger partial charge in [-0.25, -0.2) is 8.78 Å². The third-order valence-electron chi connectivity index (χ3n) is 3.53. The maximum atomic E-state index is 13.4. The molecule has 7 heteroatoms. The maximum Gasteiger partial charge on any atom is 0.325 e. The van der Waals surface area contributed by atoms with Crippen molar-refractivity contribution in [3.8, 4) is 0 Å². The average Bonchev–Trinajstić information content (AvgIpc) is 2.48. The van der Waals surface area contributed by atoms with Gasteiger partial charge in [0.1, 0.15) is 18.2 Å². The van der Waals surface area contributed by atoms with E-state index in [1.54, 1.807) is 0 Å². The van der Waals surface area contributed by atoms with Crippen molar-refractivity contribution in [1.82, 2.24) is 4.90 Å². The number of rotatable bonds is 6. The van der Waals surface area contributed by atoms with Crippen LogP contribution in [0.3, 0.4) is 0 Å². The van der Waals surface area contributed by atoms with Crippen LogP contribution in [0.5, 0.6) is 0 Å². The van der Waals surface area contributed by atoms with Crippen molar-refractivity contribution < 1.29 is 23.1 Å². The van der Waals surface area contributed by atoms with Gasteiger partial charge in [0.15, 0.2) is 0 Å². The number of esters is 1. The Hall–Kier alpha value is -1.63. The normalized spacial score (nSPS) is 18.1. The van der Waals surface area contributed by atoms with Crippen molar-refractivity contribution in [2.45, 2.75) is 25.8 Å². The van der Waals surface area contributed by atoms with Gasteiger partial charge in [-0.05, 0) is 24.1 Å². The van der Waals surface area contributed by atoms with Gasteiger partial charge < -0.3 is 9.64 Å². The molecule has 0 radical (unpaired) electrons. The Morgan fingerprint density at radius 1 is 1.35 bits per heavy atom. The van der Waals surface area contributed by atoms with Gasteiger partial charge >= 0.3 is 5.97 Å². The molecule has 0 aliphatic carbocycles. The zero-order chi connectivity index (χ0) is 16.8. The smallest absolute Gasteiger partial charge is 0.325 e. The molecule has 0 N–H and O–H groups in total. The molecule has 4 nitrogen and oxygen atoms in total. The van der Waals surface area contributed by atoms with Gasteiger partial charge in [-0.15, -0.1) is 11.8 Å².